The molecule has 0 atom stereocenters. The molecule has 1 aromatic rings. The highest BCUT2D eigenvalue weighted by Gasteiger charge is 2.21. The highest BCUT2D eigenvalue weighted by atomic mass is 19.1. The van der Waals surface area contributed by atoms with E-state index in [4.69, 9.17) is 4.74 Å². The van der Waals surface area contributed by atoms with Crippen molar-refractivity contribution < 1.29 is 18.7 Å². The average Bonchev–Trinajstić information content (AvgIpc) is 2.42. The molecule has 0 aliphatic heterocycles. The Bertz CT molecular complexity index is 491. The van der Waals surface area contributed by atoms with E-state index in [0.717, 1.165) is 0 Å². The van der Waals surface area contributed by atoms with Crippen molar-refractivity contribution in [1.29, 1.82) is 0 Å². The van der Waals surface area contributed by atoms with Crippen molar-refractivity contribution in [2.45, 2.75) is 31.7 Å². The zero-order valence-corrected chi connectivity index (χ0v) is 10.7. The van der Waals surface area contributed by atoms with Crippen LogP contribution >= 0.6 is 0 Å². The van der Waals surface area contributed by atoms with Crippen LogP contribution in [0.4, 0.5) is 4.39 Å². The molecule has 1 aliphatic carbocycles. The van der Waals surface area contributed by atoms with Gasteiger partial charge in [0.15, 0.2) is 11.6 Å². The summed E-state index contributed by atoms with van der Waals surface area (Å²) in [6.45, 7) is 0. The topological polar surface area (TPSA) is 55.4 Å². The van der Waals surface area contributed by atoms with Gasteiger partial charge < -0.3 is 10.1 Å². The van der Waals surface area contributed by atoms with Gasteiger partial charge in [0.25, 0.3) is 5.91 Å². The average molecular weight is 265 g/mol. The van der Waals surface area contributed by atoms with E-state index in [-0.39, 0.29) is 23.5 Å². The van der Waals surface area contributed by atoms with Gasteiger partial charge in [-0.15, -0.1) is 0 Å². The molecule has 0 saturated heterocycles. The molecule has 0 spiro atoms. The molecule has 0 aromatic heterocycles. The number of rotatable bonds is 3. The Kier molecular flexibility index (Phi) is 4.14. The minimum absolute atomic E-state index is 0.0150. The number of hydrogen-bond donors (Lipinski definition) is 1. The van der Waals surface area contributed by atoms with Gasteiger partial charge in [-0.1, -0.05) is 0 Å². The first-order valence-electron chi connectivity index (χ1n) is 6.26. The fourth-order valence-corrected chi connectivity index (χ4v) is 2.15. The minimum atomic E-state index is -0.498. The maximum absolute atomic E-state index is 13.2. The molecule has 0 radical (unpaired) electrons. The van der Waals surface area contributed by atoms with Crippen molar-refractivity contribution in [3.63, 3.8) is 0 Å². The quantitative estimate of drug-likeness (QED) is 0.910. The van der Waals surface area contributed by atoms with Crippen molar-refractivity contribution in [2.24, 2.45) is 0 Å². The number of ketones is 1. The van der Waals surface area contributed by atoms with Crippen LogP contribution in [0.2, 0.25) is 0 Å². The van der Waals surface area contributed by atoms with Crippen LogP contribution < -0.4 is 10.1 Å². The largest absolute Gasteiger partial charge is 0.494 e. The number of carbonyl (C=O) groups excluding carboxylic acids is 2. The molecule has 1 aliphatic rings. The number of carbonyl (C=O) groups is 2. The summed E-state index contributed by atoms with van der Waals surface area (Å²) in [7, 11) is 1.35. The van der Waals surface area contributed by atoms with Crippen LogP contribution in [0.3, 0.4) is 0 Å². The maximum Gasteiger partial charge on any atom is 0.251 e. The summed E-state index contributed by atoms with van der Waals surface area (Å²) in [6.07, 6.45) is 2.36. The summed E-state index contributed by atoms with van der Waals surface area (Å²) in [5, 5.41) is 2.86. The van der Waals surface area contributed by atoms with Gasteiger partial charge in [0.05, 0.1) is 7.11 Å². The number of methoxy groups -OCH3 is 1. The van der Waals surface area contributed by atoms with Gasteiger partial charge in [-0.2, -0.15) is 0 Å². The highest BCUT2D eigenvalue weighted by molar-refractivity contribution is 5.95. The molecule has 102 valence electrons. The smallest absolute Gasteiger partial charge is 0.251 e. The van der Waals surface area contributed by atoms with Crippen molar-refractivity contribution in [3.8, 4) is 5.75 Å². The zero-order valence-electron chi connectivity index (χ0n) is 10.7. The maximum atomic E-state index is 13.2. The van der Waals surface area contributed by atoms with E-state index in [0.29, 0.717) is 31.2 Å². The molecule has 0 heterocycles. The van der Waals surface area contributed by atoms with Gasteiger partial charge >= 0.3 is 0 Å². The van der Waals surface area contributed by atoms with Gasteiger partial charge in [0.1, 0.15) is 5.78 Å². The van der Waals surface area contributed by atoms with E-state index >= 15 is 0 Å². The third-order valence-corrected chi connectivity index (χ3v) is 3.29. The van der Waals surface area contributed by atoms with Crippen LogP contribution in [0.1, 0.15) is 36.0 Å². The first-order valence-corrected chi connectivity index (χ1v) is 6.26. The first-order chi connectivity index (χ1) is 9.10. The lowest BCUT2D eigenvalue weighted by Gasteiger charge is -2.22. The lowest BCUT2D eigenvalue weighted by Crippen LogP contribution is -2.37. The Morgan fingerprint density at radius 2 is 2.05 bits per heavy atom. The molecule has 2 rings (SSSR count). The number of amides is 1. The van der Waals surface area contributed by atoms with Crippen LogP contribution in [0.25, 0.3) is 0 Å². The first kappa shape index (κ1) is 13.5. The molecule has 19 heavy (non-hydrogen) atoms. The lowest BCUT2D eigenvalue weighted by atomic mass is 9.94. The monoisotopic (exact) mass is 265 g/mol. The number of hydrogen-bond acceptors (Lipinski definition) is 3. The van der Waals surface area contributed by atoms with Crippen LogP contribution in [0.15, 0.2) is 18.2 Å². The third-order valence-electron chi connectivity index (χ3n) is 3.29. The summed E-state index contributed by atoms with van der Waals surface area (Å²) in [6, 6.07) is 4.01. The van der Waals surface area contributed by atoms with E-state index in [1.807, 2.05) is 0 Å². The van der Waals surface area contributed by atoms with E-state index < -0.39 is 5.82 Å². The molecule has 0 bridgehead atoms. The molecule has 1 amide bonds. The zero-order chi connectivity index (χ0) is 13.8. The van der Waals surface area contributed by atoms with Crippen molar-refractivity contribution >= 4 is 11.7 Å². The number of Topliss-reactive ketones (excluding diaryl/α,β-unsaturated/α-hetero) is 1. The van der Waals surface area contributed by atoms with Gasteiger partial charge in [-0.05, 0) is 31.0 Å². The van der Waals surface area contributed by atoms with Crippen LogP contribution in [-0.2, 0) is 4.79 Å². The second-order valence-electron chi connectivity index (χ2n) is 4.64. The van der Waals surface area contributed by atoms with Crippen molar-refractivity contribution in [3.05, 3.63) is 29.6 Å². The van der Waals surface area contributed by atoms with Crippen molar-refractivity contribution in [1.82, 2.24) is 5.32 Å². The minimum Gasteiger partial charge on any atom is -0.494 e. The van der Waals surface area contributed by atoms with Crippen molar-refractivity contribution in [2.75, 3.05) is 7.11 Å². The van der Waals surface area contributed by atoms with E-state index in [2.05, 4.69) is 5.32 Å². The highest BCUT2D eigenvalue weighted by Crippen LogP contribution is 2.19. The van der Waals surface area contributed by atoms with Gasteiger partial charge in [0.2, 0.25) is 0 Å². The third kappa shape index (κ3) is 3.30. The number of ether oxygens (including phenoxy) is 1. The Balaban J connectivity index is 2.01. The Labute approximate surface area is 110 Å². The van der Waals surface area contributed by atoms with Gasteiger partial charge in [-0.25, -0.2) is 4.39 Å². The number of halogens is 1. The second-order valence-corrected chi connectivity index (χ2v) is 4.64. The van der Waals surface area contributed by atoms with E-state index in [1.54, 1.807) is 0 Å². The summed E-state index contributed by atoms with van der Waals surface area (Å²) in [4.78, 5) is 23.1. The Hall–Kier alpha value is -1.91. The Morgan fingerprint density at radius 3 is 2.68 bits per heavy atom. The fraction of sp³-hybridized carbons (Fsp3) is 0.429. The molecule has 1 saturated carbocycles. The normalized spacial score (nSPS) is 16.2. The van der Waals surface area contributed by atoms with E-state index in [9.17, 15) is 14.0 Å². The summed E-state index contributed by atoms with van der Waals surface area (Å²) in [5.74, 6) is -0.472. The van der Waals surface area contributed by atoms with Crippen LogP contribution in [0, 0.1) is 5.82 Å². The predicted octanol–water partition coefficient (Wildman–Crippen LogP) is 2.08. The molecule has 1 fully saturated rings. The summed E-state index contributed by atoms with van der Waals surface area (Å²) >= 11 is 0. The molecule has 0 unspecified atom stereocenters. The van der Waals surface area contributed by atoms with Gasteiger partial charge in [-0.3, -0.25) is 9.59 Å². The molecule has 4 nitrogen and oxygen atoms in total. The van der Waals surface area contributed by atoms with E-state index in [1.165, 1.54) is 25.3 Å². The SMILES string of the molecule is COc1cc(C(=O)NC2CCC(=O)CC2)ccc1F. The lowest BCUT2D eigenvalue weighted by molar-refractivity contribution is -0.120. The molecule has 5 heteroatoms. The standard InChI is InChI=1S/C14H16FNO3/c1-19-13-8-9(2-7-12(13)15)14(18)16-10-3-5-11(17)6-4-10/h2,7-8,10H,3-6H2,1H3,(H,16,18). The van der Waals surface area contributed by atoms with Crippen LogP contribution in [0.5, 0.6) is 5.75 Å². The Morgan fingerprint density at radius 1 is 1.37 bits per heavy atom. The molecular formula is C14H16FNO3. The fourth-order valence-electron chi connectivity index (χ4n) is 2.15. The van der Waals surface area contributed by atoms with Gasteiger partial charge in [0, 0.05) is 24.4 Å². The molecule has 1 aromatic carbocycles. The van der Waals surface area contributed by atoms with Crippen LogP contribution in [-0.4, -0.2) is 24.8 Å². The summed E-state index contributed by atoms with van der Waals surface area (Å²) in [5.41, 5.74) is 0.357. The molecule has 1 N–H and O–H groups in total. The number of benzene rings is 1. The second kappa shape index (κ2) is 5.82. The number of nitrogens with one attached hydrogen (secondary N) is 1. The summed E-state index contributed by atoms with van der Waals surface area (Å²) < 4.78 is 18.1. The predicted molar refractivity (Wildman–Crippen MR) is 67.7 cm³/mol. The molecular weight excluding hydrogens is 249 g/mol.